The number of nitrogen functional groups attached to an aromatic ring is 1. The van der Waals surface area contributed by atoms with Gasteiger partial charge in [0.25, 0.3) is 0 Å². The molecular weight excluding hydrogens is 312 g/mol. The molecule has 18 heavy (non-hydrogen) atoms. The summed E-state index contributed by atoms with van der Waals surface area (Å²) in [5, 5.41) is 0.611. The van der Waals surface area contributed by atoms with Crippen molar-refractivity contribution in [3.8, 4) is 5.75 Å². The van der Waals surface area contributed by atoms with Crippen LogP contribution < -0.4 is 10.5 Å². The molecule has 1 aromatic carbocycles. The smallest absolute Gasteiger partial charge is 0.181 e. The minimum atomic E-state index is 0.611. The molecule has 0 saturated heterocycles. The molecule has 0 radical (unpaired) electrons. The van der Waals surface area contributed by atoms with Crippen molar-refractivity contribution in [2.75, 3.05) is 12.3 Å². The third-order valence-corrected chi connectivity index (χ3v) is 4.38. The molecule has 0 atom stereocenters. The van der Waals surface area contributed by atoms with Gasteiger partial charge in [-0.3, -0.25) is 0 Å². The van der Waals surface area contributed by atoms with Gasteiger partial charge in [-0.25, -0.2) is 4.98 Å². The van der Waals surface area contributed by atoms with Gasteiger partial charge in [0.15, 0.2) is 5.13 Å². The number of halogens is 1. The fraction of sp³-hybridized carbons (Fsp3) is 0.308. The van der Waals surface area contributed by atoms with Crippen LogP contribution in [0.4, 0.5) is 5.13 Å². The second kappa shape index (κ2) is 6.20. The molecule has 0 amide bonds. The van der Waals surface area contributed by atoms with Crippen molar-refractivity contribution in [1.82, 2.24) is 4.98 Å². The fourth-order valence-corrected chi connectivity index (χ4v) is 3.19. The van der Waals surface area contributed by atoms with Crippen LogP contribution in [-0.4, -0.2) is 11.6 Å². The van der Waals surface area contributed by atoms with Crippen LogP contribution in [0.15, 0.2) is 28.9 Å². The Morgan fingerprint density at radius 2 is 2.22 bits per heavy atom. The number of aromatic nitrogens is 1. The zero-order valence-electron chi connectivity index (χ0n) is 10.1. The van der Waals surface area contributed by atoms with Crippen LogP contribution in [0.3, 0.4) is 0 Å². The van der Waals surface area contributed by atoms with Gasteiger partial charge in [0.1, 0.15) is 10.4 Å². The highest BCUT2D eigenvalue weighted by Crippen LogP contribution is 2.26. The summed E-state index contributed by atoms with van der Waals surface area (Å²) in [7, 11) is 0. The first-order valence-corrected chi connectivity index (χ1v) is 7.42. The van der Waals surface area contributed by atoms with Crippen molar-refractivity contribution in [3.63, 3.8) is 0 Å². The number of rotatable bonds is 5. The van der Waals surface area contributed by atoms with Gasteiger partial charge in [0.05, 0.1) is 6.61 Å². The largest absolute Gasteiger partial charge is 0.494 e. The van der Waals surface area contributed by atoms with Crippen molar-refractivity contribution in [1.29, 1.82) is 0 Å². The lowest BCUT2D eigenvalue weighted by Gasteiger charge is -2.05. The Kier molecular flexibility index (Phi) is 4.60. The van der Waals surface area contributed by atoms with E-state index < -0.39 is 0 Å². The number of hydrogen-bond acceptors (Lipinski definition) is 4. The molecule has 2 rings (SSSR count). The Bertz CT molecular complexity index is 527. The maximum atomic E-state index is 5.67. The molecule has 0 fully saturated rings. The maximum Gasteiger partial charge on any atom is 0.181 e. The van der Waals surface area contributed by atoms with Crippen LogP contribution in [-0.2, 0) is 12.8 Å². The number of ether oxygens (including phenoxy) is 1. The number of thiazole rings is 1. The molecule has 0 aliphatic heterocycles. The summed E-state index contributed by atoms with van der Waals surface area (Å²) in [6, 6.07) is 8.20. The van der Waals surface area contributed by atoms with Crippen molar-refractivity contribution in [2.24, 2.45) is 0 Å². The van der Waals surface area contributed by atoms with Crippen molar-refractivity contribution in [3.05, 3.63) is 39.3 Å². The molecule has 0 aliphatic rings. The van der Waals surface area contributed by atoms with E-state index in [1.54, 1.807) is 0 Å². The van der Waals surface area contributed by atoms with E-state index in [0.717, 1.165) is 23.2 Å². The summed E-state index contributed by atoms with van der Waals surface area (Å²) in [5.41, 5.74) is 6.93. The Labute approximate surface area is 119 Å². The summed E-state index contributed by atoms with van der Waals surface area (Å²) in [6.45, 7) is 2.68. The molecule has 96 valence electrons. The Balaban J connectivity index is 2.01. The lowest BCUT2D eigenvalue weighted by atomic mass is 10.1. The summed E-state index contributed by atoms with van der Waals surface area (Å²) >= 11 is 4.96. The van der Waals surface area contributed by atoms with Gasteiger partial charge in [0, 0.05) is 4.88 Å². The van der Waals surface area contributed by atoms with Crippen LogP contribution >= 0.6 is 27.3 Å². The van der Waals surface area contributed by atoms with Gasteiger partial charge in [-0.1, -0.05) is 12.1 Å². The summed E-state index contributed by atoms with van der Waals surface area (Å²) in [5.74, 6) is 0.929. The number of anilines is 1. The first-order chi connectivity index (χ1) is 8.69. The van der Waals surface area contributed by atoms with Gasteiger partial charge in [-0.05, 0) is 53.4 Å². The van der Waals surface area contributed by atoms with E-state index in [4.69, 9.17) is 10.5 Å². The Hall–Kier alpha value is -1.07. The summed E-state index contributed by atoms with van der Waals surface area (Å²) in [6.07, 6.45) is 1.90. The van der Waals surface area contributed by atoms with Gasteiger partial charge < -0.3 is 10.5 Å². The van der Waals surface area contributed by atoms with E-state index in [9.17, 15) is 0 Å². The number of nitrogens with two attached hydrogens (primary N) is 1. The van der Waals surface area contributed by atoms with Crippen LogP contribution in [0.1, 0.15) is 17.4 Å². The van der Waals surface area contributed by atoms with Crippen molar-refractivity contribution in [2.45, 2.75) is 19.8 Å². The Morgan fingerprint density at radius 1 is 1.39 bits per heavy atom. The molecular formula is C13H15BrN2OS. The number of nitrogens with zero attached hydrogens (tertiary/aromatic N) is 1. The zero-order chi connectivity index (χ0) is 13.0. The van der Waals surface area contributed by atoms with E-state index in [-0.39, 0.29) is 0 Å². The van der Waals surface area contributed by atoms with E-state index >= 15 is 0 Å². The molecule has 0 spiro atoms. The SMILES string of the molecule is CCOc1cccc(CCc2sc(N)nc2Br)c1. The number of aryl methyl sites for hydroxylation is 2. The minimum absolute atomic E-state index is 0.611. The topological polar surface area (TPSA) is 48.1 Å². The standard InChI is InChI=1S/C13H15BrN2OS/c1-2-17-10-5-3-4-9(8-10)6-7-11-12(14)16-13(15)18-11/h3-5,8H,2,6-7H2,1H3,(H2,15,16). The van der Waals surface area contributed by atoms with Gasteiger partial charge in [-0.2, -0.15) is 0 Å². The highest BCUT2D eigenvalue weighted by Gasteiger charge is 2.07. The van der Waals surface area contributed by atoms with Gasteiger partial charge in [-0.15, -0.1) is 11.3 Å². The van der Waals surface area contributed by atoms with Crippen molar-refractivity contribution < 1.29 is 4.74 Å². The van der Waals surface area contributed by atoms with Crippen LogP contribution in [0.2, 0.25) is 0 Å². The molecule has 3 nitrogen and oxygen atoms in total. The average molecular weight is 327 g/mol. The predicted molar refractivity (Wildman–Crippen MR) is 79.2 cm³/mol. The summed E-state index contributed by atoms with van der Waals surface area (Å²) < 4.78 is 6.35. The van der Waals surface area contributed by atoms with E-state index in [2.05, 4.69) is 33.0 Å². The van der Waals surface area contributed by atoms with Gasteiger partial charge >= 0.3 is 0 Å². The zero-order valence-corrected chi connectivity index (χ0v) is 12.6. The number of hydrogen-bond donors (Lipinski definition) is 1. The monoisotopic (exact) mass is 326 g/mol. The lowest BCUT2D eigenvalue weighted by Crippen LogP contribution is -1.94. The normalized spacial score (nSPS) is 10.6. The third kappa shape index (κ3) is 3.46. The second-order valence-electron chi connectivity index (χ2n) is 3.85. The first-order valence-electron chi connectivity index (χ1n) is 5.81. The van der Waals surface area contributed by atoms with Gasteiger partial charge in [0.2, 0.25) is 0 Å². The third-order valence-electron chi connectivity index (χ3n) is 2.52. The van der Waals surface area contributed by atoms with E-state index in [0.29, 0.717) is 11.7 Å². The van der Waals surface area contributed by atoms with Crippen LogP contribution in [0.5, 0.6) is 5.75 Å². The average Bonchev–Trinajstić information content (AvgIpc) is 2.66. The van der Waals surface area contributed by atoms with Crippen molar-refractivity contribution >= 4 is 32.4 Å². The highest BCUT2D eigenvalue weighted by molar-refractivity contribution is 9.10. The molecule has 0 aliphatic carbocycles. The van der Waals surface area contributed by atoms with Crippen LogP contribution in [0, 0.1) is 0 Å². The van der Waals surface area contributed by atoms with E-state index in [1.807, 2.05) is 19.1 Å². The minimum Gasteiger partial charge on any atom is -0.494 e. The molecule has 5 heteroatoms. The molecule has 0 unspecified atom stereocenters. The predicted octanol–water partition coefficient (Wildman–Crippen LogP) is 3.67. The molecule has 0 bridgehead atoms. The fourth-order valence-electron chi connectivity index (χ4n) is 1.72. The molecule has 1 aromatic heterocycles. The molecule has 1 heterocycles. The van der Waals surface area contributed by atoms with Crippen LogP contribution in [0.25, 0.3) is 0 Å². The highest BCUT2D eigenvalue weighted by atomic mass is 79.9. The quantitative estimate of drug-likeness (QED) is 0.911. The molecule has 2 N–H and O–H groups in total. The second-order valence-corrected chi connectivity index (χ2v) is 5.71. The first kappa shape index (κ1) is 13.4. The lowest BCUT2D eigenvalue weighted by molar-refractivity contribution is 0.340. The number of benzene rings is 1. The maximum absolute atomic E-state index is 5.67. The Morgan fingerprint density at radius 3 is 2.89 bits per heavy atom. The summed E-state index contributed by atoms with van der Waals surface area (Å²) in [4.78, 5) is 5.35. The van der Waals surface area contributed by atoms with E-state index in [1.165, 1.54) is 21.8 Å². The molecule has 2 aromatic rings. The molecule has 0 saturated carbocycles.